The molecule has 0 unspecified atom stereocenters. The lowest BCUT2D eigenvalue weighted by atomic mass is 10.2. The number of rotatable bonds is 8. The van der Waals surface area contributed by atoms with Gasteiger partial charge in [0.25, 0.3) is 0 Å². The first-order chi connectivity index (χ1) is 8.85. The quantitative estimate of drug-likeness (QED) is 0.589. The number of hydrogen-bond donors (Lipinski definition) is 3. The Morgan fingerprint density at radius 1 is 1.26 bits per heavy atom. The fourth-order valence-electron chi connectivity index (χ4n) is 1.31. The van der Waals surface area contributed by atoms with E-state index in [2.05, 4.69) is 10.6 Å². The summed E-state index contributed by atoms with van der Waals surface area (Å²) < 4.78 is 0. The predicted molar refractivity (Wildman–Crippen MR) is 70.7 cm³/mol. The van der Waals surface area contributed by atoms with E-state index in [0.717, 1.165) is 0 Å². The van der Waals surface area contributed by atoms with E-state index in [1.54, 1.807) is 4.90 Å². The van der Waals surface area contributed by atoms with Crippen LogP contribution in [0.4, 0.5) is 4.79 Å². The first-order valence-electron chi connectivity index (χ1n) is 6.37. The lowest BCUT2D eigenvalue weighted by Gasteiger charge is -2.18. The van der Waals surface area contributed by atoms with Gasteiger partial charge < -0.3 is 10.4 Å². The number of nitrogens with zero attached hydrogens (tertiary/aromatic N) is 1. The second-order valence-corrected chi connectivity index (χ2v) is 4.66. The van der Waals surface area contributed by atoms with E-state index >= 15 is 0 Å². The molecule has 0 aromatic carbocycles. The molecule has 0 fully saturated rings. The second-order valence-electron chi connectivity index (χ2n) is 4.66. The topological polar surface area (TPSA) is 98.7 Å². The molecule has 7 nitrogen and oxygen atoms in total. The number of carbonyl (C=O) groups is 3. The second kappa shape index (κ2) is 9.32. The lowest BCUT2D eigenvalue weighted by molar-refractivity contribution is -0.137. The summed E-state index contributed by atoms with van der Waals surface area (Å²) in [5.74, 6) is -1.04. The number of likely N-dealkylation sites (N-methyl/N-ethyl adjacent to an activating group) is 1. The van der Waals surface area contributed by atoms with Gasteiger partial charge in [0.05, 0.1) is 13.0 Å². The van der Waals surface area contributed by atoms with Crippen LogP contribution in [0.2, 0.25) is 0 Å². The SMILES string of the molecule is CCN(CCC(=O)O)CC(=O)NC(=O)NCC(C)C. The predicted octanol–water partition coefficient (Wildman–Crippen LogP) is 0.265. The summed E-state index contributed by atoms with van der Waals surface area (Å²) in [4.78, 5) is 35.0. The summed E-state index contributed by atoms with van der Waals surface area (Å²) in [6.45, 7) is 7.07. The molecule has 0 aliphatic heterocycles. The van der Waals surface area contributed by atoms with Gasteiger partial charge in [-0.25, -0.2) is 4.79 Å². The first kappa shape index (κ1) is 17.4. The van der Waals surface area contributed by atoms with E-state index in [9.17, 15) is 14.4 Å². The zero-order valence-corrected chi connectivity index (χ0v) is 11.7. The maximum atomic E-state index is 11.6. The van der Waals surface area contributed by atoms with E-state index in [-0.39, 0.29) is 19.5 Å². The van der Waals surface area contributed by atoms with Crippen molar-refractivity contribution in [3.05, 3.63) is 0 Å². The van der Waals surface area contributed by atoms with Crippen molar-refractivity contribution in [3.8, 4) is 0 Å². The Hall–Kier alpha value is -1.63. The Labute approximate surface area is 113 Å². The highest BCUT2D eigenvalue weighted by molar-refractivity contribution is 5.95. The highest BCUT2D eigenvalue weighted by Crippen LogP contribution is 1.92. The first-order valence-corrected chi connectivity index (χ1v) is 6.37. The Morgan fingerprint density at radius 3 is 2.37 bits per heavy atom. The van der Waals surface area contributed by atoms with Gasteiger partial charge in [-0.2, -0.15) is 0 Å². The molecule has 3 amide bonds. The monoisotopic (exact) mass is 273 g/mol. The molecule has 0 spiro atoms. The van der Waals surface area contributed by atoms with Crippen LogP contribution in [0.25, 0.3) is 0 Å². The van der Waals surface area contributed by atoms with Crippen molar-refractivity contribution >= 4 is 17.9 Å². The molecule has 0 rings (SSSR count). The van der Waals surface area contributed by atoms with Crippen molar-refractivity contribution in [2.45, 2.75) is 27.2 Å². The Kier molecular flexibility index (Phi) is 8.52. The molecule has 0 aliphatic rings. The highest BCUT2D eigenvalue weighted by atomic mass is 16.4. The number of nitrogens with one attached hydrogen (secondary N) is 2. The lowest BCUT2D eigenvalue weighted by Crippen LogP contribution is -2.45. The normalized spacial score (nSPS) is 10.6. The highest BCUT2D eigenvalue weighted by Gasteiger charge is 2.13. The third kappa shape index (κ3) is 10.0. The molecular weight excluding hydrogens is 250 g/mol. The van der Waals surface area contributed by atoms with E-state index in [4.69, 9.17) is 5.11 Å². The van der Waals surface area contributed by atoms with Crippen LogP contribution in [0.1, 0.15) is 27.2 Å². The van der Waals surface area contributed by atoms with Crippen LogP contribution < -0.4 is 10.6 Å². The molecule has 0 heterocycles. The number of carbonyl (C=O) groups excluding carboxylic acids is 2. The molecule has 0 saturated carbocycles. The minimum Gasteiger partial charge on any atom is -0.481 e. The van der Waals surface area contributed by atoms with Gasteiger partial charge in [0.15, 0.2) is 0 Å². The van der Waals surface area contributed by atoms with Crippen molar-refractivity contribution in [2.24, 2.45) is 5.92 Å². The minimum atomic E-state index is -0.909. The maximum Gasteiger partial charge on any atom is 0.321 e. The third-order valence-corrected chi connectivity index (χ3v) is 2.38. The zero-order valence-electron chi connectivity index (χ0n) is 11.7. The van der Waals surface area contributed by atoms with Gasteiger partial charge >= 0.3 is 12.0 Å². The molecular formula is C12H23N3O4. The van der Waals surface area contributed by atoms with Gasteiger partial charge in [0.1, 0.15) is 0 Å². The summed E-state index contributed by atoms with van der Waals surface area (Å²) in [6.07, 6.45) is -0.0271. The molecule has 110 valence electrons. The van der Waals surface area contributed by atoms with Crippen molar-refractivity contribution in [1.29, 1.82) is 0 Å². The molecule has 19 heavy (non-hydrogen) atoms. The maximum absolute atomic E-state index is 11.6. The van der Waals surface area contributed by atoms with Crippen LogP contribution >= 0.6 is 0 Å². The summed E-state index contributed by atoms with van der Waals surface area (Å²) >= 11 is 0. The van der Waals surface area contributed by atoms with Crippen molar-refractivity contribution < 1.29 is 19.5 Å². The minimum absolute atomic E-state index is 0.0128. The third-order valence-electron chi connectivity index (χ3n) is 2.38. The van der Waals surface area contributed by atoms with Crippen molar-refractivity contribution in [2.75, 3.05) is 26.2 Å². The fraction of sp³-hybridized carbons (Fsp3) is 0.750. The van der Waals surface area contributed by atoms with E-state index in [0.29, 0.717) is 19.0 Å². The number of urea groups is 1. The molecule has 0 saturated heterocycles. The largest absolute Gasteiger partial charge is 0.481 e. The Balaban J connectivity index is 3.99. The molecule has 0 radical (unpaired) electrons. The van der Waals surface area contributed by atoms with Gasteiger partial charge in [-0.1, -0.05) is 20.8 Å². The van der Waals surface area contributed by atoms with Gasteiger partial charge in [-0.05, 0) is 12.5 Å². The molecule has 0 aromatic heterocycles. The van der Waals surface area contributed by atoms with Crippen LogP contribution in [0, 0.1) is 5.92 Å². The number of carboxylic acids is 1. The van der Waals surface area contributed by atoms with Crippen LogP contribution in [-0.2, 0) is 9.59 Å². The van der Waals surface area contributed by atoms with Crippen molar-refractivity contribution in [3.63, 3.8) is 0 Å². The number of amides is 3. The summed E-state index contributed by atoms with van der Waals surface area (Å²) in [5, 5.41) is 13.3. The van der Waals surface area contributed by atoms with E-state index < -0.39 is 17.9 Å². The Bertz CT molecular complexity index is 318. The van der Waals surface area contributed by atoms with Crippen LogP contribution in [0.5, 0.6) is 0 Å². The summed E-state index contributed by atoms with van der Waals surface area (Å²) in [7, 11) is 0. The molecule has 0 aliphatic carbocycles. The van der Waals surface area contributed by atoms with Crippen LogP contribution in [0.15, 0.2) is 0 Å². The number of hydrogen-bond acceptors (Lipinski definition) is 4. The molecule has 7 heteroatoms. The number of carboxylic acid groups (broad SMARTS) is 1. The van der Waals surface area contributed by atoms with Gasteiger partial charge in [-0.3, -0.25) is 19.8 Å². The van der Waals surface area contributed by atoms with Crippen LogP contribution in [0.3, 0.4) is 0 Å². The number of aliphatic carboxylic acids is 1. The van der Waals surface area contributed by atoms with E-state index in [1.165, 1.54) is 0 Å². The zero-order chi connectivity index (χ0) is 14.8. The Morgan fingerprint density at radius 2 is 1.89 bits per heavy atom. The fourth-order valence-corrected chi connectivity index (χ4v) is 1.31. The molecule has 3 N–H and O–H groups in total. The average molecular weight is 273 g/mol. The molecule has 0 bridgehead atoms. The average Bonchev–Trinajstić information content (AvgIpc) is 2.31. The van der Waals surface area contributed by atoms with Gasteiger partial charge in [0.2, 0.25) is 5.91 Å². The van der Waals surface area contributed by atoms with Crippen molar-refractivity contribution in [1.82, 2.24) is 15.5 Å². The smallest absolute Gasteiger partial charge is 0.321 e. The molecule has 0 atom stereocenters. The number of imide groups is 1. The summed E-state index contributed by atoms with van der Waals surface area (Å²) in [6, 6.07) is -0.520. The van der Waals surface area contributed by atoms with Gasteiger partial charge in [-0.15, -0.1) is 0 Å². The van der Waals surface area contributed by atoms with E-state index in [1.807, 2.05) is 20.8 Å². The van der Waals surface area contributed by atoms with Crippen LogP contribution in [-0.4, -0.2) is 54.1 Å². The van der Waals surface area contributed by atoms with Gasteiger partial charge in [0, 0.05) is 13.1 Å². The summed E-state index contributed by atoms with van der Waals surface area (Å²) in [5.41, 5.74) is 0. The standard InChI is InChI=1S/C12H23N3O4/c1-4-15(6-5-11(17)18)8-10(16)14-12(19)13-7-9(2)3/h9H,4-8H2,1-3H3,(H,17,18)(H2,13,14,16,19). The molecule has 0 aromatic rings.